The molecule has 0 aliphatic rings. The van der Waals surface area contributed by atoms with Gasteiger partial charge >= 0.3 is 0 Å². The van der Waals surface area contributed by atoms with Crippen LogP contribution in [-0.2, 0) is 6.37 Å². The topological polar surface area (TPSA) is 44.5 Å². The van der Waals surface area contributed by atoms with E-state index in [1.807, 2.05) is 0 Å². The Kier molecular flexibility index (Phi) is 2.92. The fraction of sp³-hybridized carbons (Fsp3) is 0.400. The van der Waals surface area contributed by atoms with Gasteiger partial charge in [0, 0.05) is 5.48 Å². The van der Waals surface area contributed by atoms with E-state index < -0.39 is 19.9 Å². The molecule has 0 aliphatic carbocycles. The van der Waals surface area contributed by atoms with E-state index in [1.165, 1.54) is 13.2 Å². The van der Waals surface area contributed by atoms with Gasteiger partial charge in [0.05, 0.1) is 22.7 Å². The summed E-state index contributed by atoms with van der Waals surface area (Å²) in [5.74, 6) is -0.155. The van der Waals surface area contributed by atoms with Crippen LogP contribution in [0.2, 0.25) is 0 Å². The summed E-state index contributed by atoms with van der Waals surface area (Å²) in [4.78, 5) is 0. The Morgan fingerprint density at radius 2 is 2.20 bits per heavy atom. The Bertz CT molecular complexity index is 533. The number of methoxy groups -OCH3 is 2. The van der Waals surface area contributed by atoms with Crippen LogP contribution in [0.25, 0.3) is 0 Å². The van der Waals surface area contributed by atoms with Crippen molar-refractivity contribution in [1.29, 1.82) is 0 Å². The molecular weight excluding hydrogens is 281 g/mol. The lowest BCUT2D eigenvalue weighted by Crippen LogP contribution is -2.04. The van der Waals surface area contributed by atoms with E-state index in [0.29, 0.717) is 0 Å². The van der Waals surface area contributed by atoms with Crippen LogP contribution in [0.3, 0.4) is 0 Å². The van der Waals surface area contributed by atoms with Gasteiger partial charge in [0.2, 0.25) is 0 Å². The maximum Gasteiger partial charge on any atom is 0.133 e. The van der Waals surface area contributed by atoms with Crippen molar-refractivity contribution in [3.63, 3.8) is 0 Å². The zero-order chi connectivity index (χ0) is 16.6. The number of aryl methyl sites for hydroxylation is 1. The van der Waals surface area contributed by atoms with E-state index in [4.69, 9.17) is 24.8 Å². The molecule has 2 N–H and O–H groups in total. The molecule has 0 heterocycles. The lowest BCUT2D eigenvalue weighted by atomic mass is 10.1. The van der Waals surface area contributed by atoms with E-state index in [9.17, 15) is 0 Å². The molecule has 1 aromatic rings. The first-order chi connectivity index (χ1) is 9.29. The third-order valence-corrected chi connectivity index (χ3v) is 2.19. The van der Waals surface area contributed by atoms with E-state index in [-0.39, 0.29) is 33.9 Å². The standard InChI is InChI=1S/C10H14BrNO2.ClH/c1-13-9-6-8(11)10(14-2)5-7(9)3-4-12;/h5-6H,3-4,12H2,1-2H3;1H/i2D3,3D2,4D2;. The van der Waals surface area contributed by atoms with Crippen LogP contribution in [0.4, 0.5) is 0 Å². The van der Waals surface area contributed by atoms with Gasteiger partial charge in [-0.05, 0) is 46.5 Å². The van der Waals surface area contributed by atoms with Crippen molar-refractivity contribution in [2.24, 2.45) is 5.73 Å². The van der Waals surface area contributed by atoms with Crippen LogP contribution in [0, 0.1) is 0 Å². The average molecular weight is 304 g/mol. The minimum absolute atomic E-state index is 0. The predicted octanol–water partition coefficient (Wildman–Crippen LogP) is 2.39. The summed E-state index contributed by atoms with van der Waals surface area (Å²) in [6.45, 7) is -2.70. The number of nitrogens with two attached hydrogens (primary N) is 1. The lowest BCUT2D eigenvalue weighted by Gasteiger charge is -2.11. The zero-order valence-electron chi connectivity index (χ0n) is 14.8. The SMILES string of the molecule is Cl.[2H]C([2H])([2H])Oc1cc(C([2H])([2H])C([2H])([2H])N)c(OC)cc1Br. The largest absolute Gasteiger partial charge is 0.496 e. The van der Waals surface area contributed by atoms with Gasteiger partial charge in [0.25, 0.3) is 0 Å². The Morgan fingerprint density at radius 3 is 2.73 bits per heavy atom. The third kappa shape index (κ3) is 3.55. The average Bonchev–Trinajstić information content (AvgIpc) is 2.27. The molecular formula is C10H15BrClNO2. The van der Waals surface area contributed by atoms with Crippen molar-refractivity contribution in [2.75, 3.05) is 20.6 Å². The van der Waals surface area contributed by atoms with Crippen LogP contribution in [-0.4, -0.2) is 20.6 Å². The van der Waals surface area contributed by atoms with Crippen LogP contribution < -0.4 is 15.2 Å². The molecule has 86 valence electrons. The normalized spacial score (nSPS) is 19.0. The van der Waals surface area contributed by atoms with Gasteiger partial charge in [-0.1, -0.05) is 0 Å². The first kappa shape index (κ1) is 6.33. The molecule has 0 spiro atoms. The highest BCUT2D eigenvalue weighted by Crippen LogP contribution is 2.32. The Balaban J connectivity index is 0.00000441. The predicted molar refractivity (Wildman–Crippen MR) is 67.3 cm³/mol. The monoisotopic (exact) mass is 302 g/mol. The van der Waals surface area contributed by atoms with E-state index in [2.05, 4.69) is 15.9 Å². The van der Waals surface area contributed by atoms with Crippen molar-refractivity contribution in [1.82, 2.24) is 0 Å². The van der Waals surface area contributed by atoms with E-state index in [1.54, 1.807) is 0 Å². The molecule has 15 heavy (non-hydrogen) atoms. The summed E-state index contributed by atoms with van der Waals surface area (Å²) in [6, 6.07) is 2.35. The van der Waals surface area contributed by atoms with E-state index >= 15 is 0 Å². The first-order valence-electron chi connectivity index (χ1n) is 7.15. The smallest absolute Gasteiger partial charge is 0.133 e. The number of benzene rings is 1. The molecule has 0 amide bonds. The molecule has 0 saturated carbocycles. The van der Waals surface area contributed by atoms with Crippen LogP contribution in [0.15, 0.2) is 16.6 Å². The fourth-order valence-electron chi connectivity index (χ4n) is 0.958. The molecule has 0 saturated heterocycles. The Labute approximate surface area is 114 Å². The summed E-state index contributed by atoms with van der Waals surface area (Å²) in [6.07, 6.45) is -2.62. The van der Waals surface area contributed by atoms with Crippen molar-refractivity contribution < 1.29 is 19.1 Å². The summed E-state index contributed by atoms with van der Waals surface area (Å²) >= 11 is 3.09. The summed E-state index contributed by atoms with van der Waals surface area (Å²) in [5.41, 5.74) is 4.97. The highest BCUT2D eigenvalue weighted by atomic mass is 79.9. The molecule has 0 bridgehead atoms. The number of hydrogen-bond donors (Lipinski definition) is 1. The maximum atomic E-state index is 7.84. The van der Waals surface area contributed by atoms with Gasteiger partial charge in [-0.3, -0.25) is 0 Å². The number of hydrogen-bond acceptors (Lipinski definition) is 3. The lowest BCUT2D eigenvalue weighted by molar-refractivity contribution is 0.397. The molecule has 0 fully saturated rings. The molecule has 0 atom stereocenters. The van der Waals surface area contributed by atoms with Gasteiger partial charge in [0.15, 0.2) is 0 Å². The highest BCUT2D eigenvalue weighted by Gasteiger charge is 2.08. The second-order valence-corrected chi connectivity index (χ2v) is 3.21. The number of halogens is 2. The molecule has 0 radical (unpaired) electrons. The fourth-order valence-corrected chi connectivity index (χ4v) is 1.36. The van der Waals surface area contributed by atoms with Crippen molar-refractivity contribution in [3.8, 4) is 11.5 Å². The van der Waals surface area contributed by atoms with E-state index in [0.717, 1.165) is 6.07 Å². The minimum Gasteiger partial charge on any atom is -0.496 e. The van der Waals surface area contributed by atoms with Crippen LogP contribution in [0.1, 0.15) is 15.2 Å². The van der Waals surface area contributed by atoms with Gasteiger partial charge < -0.3 is 15.2 Å². The molecule has 3 nitrogen and oxygen atoms in total. The van der Waals surface area contributed by atoms with Crippen molar-refractivity contribution in [2.45, 2.75) is 6.37 Å². The minimum atomic E-state index is -2.73. The Hall–Kier alpha value is -0.450. The summed E-state index contributed by atoms with van der Waals surface area (Å²) in [7, 11) is -1.46. The second kappa shape index (κ2) is 6.93. The third-order valence-electron chi connectivity index (χ3n) is 1.57. The number of ether oxygens (including phenoxy) is 2. The molecule has 1 aromatic carbocycles. The zero-order valence-corrected chi connectivity index (χ0v) is 10.2. The van der Waals surface area contributed by atoms with Gasteiger partial charge in [-0.2, -0.15) is 0 Å². The van der Waals surface area contributed by atoms with Gasteiger partial charge in [0.1, 0.15) is 11.5 Å². The Morgan fingerprint density at radius 1 is 1.47 bits per heavy atom. The first-order valence-corrected chi connectivity index (χ1v) is 4.45. The van der Waals surface area contributed by atoms with Crippen LogP contribution >= 0.6 is 28.3 Å². The van der Waals surface area contributed by atoms with Crippen molar-refractivity contribution >= 4 is 28.3 Å². The molecule has 0 aliphatic heterocycles. The number of rotatable bonds is 4. The molecule has 5 heteroatoms. The molecule has 1 rings (SSSR count). The highest BCUT2D eigenvalue weighted by molar-refractivity contribution is 9.10. The maximum absolute atomic E-state index is 7.84. The molecule has 0 aromatic heterocycles. The van der Waals surface area contributed by atoms with Crippen LogP contribution in [0.5, 0.6) is 11.5 Å². The second-order valence-electron chi connectivity index (χ2n) is 2.35. The van der Waals surface area contributed by atoms with Crippen molar-refractivity contribution in [3.05, 3.63) is 22.2 Å². The molecule has 0 unspecified atom stereocenters. The van der Waals surface area contributed by atoms with Gasteiger partial charge in [-0.15, -0.1) is 12.4 Å². The summed E-state index contributed by atoms with van der Waals surface area (Å²) in [5, 5.41) is 0. The summed E-state index contributed by atoms with van der Waals surface area (Å²) < 4.78 is 61.7. The quantitative estimate of drug-likeness (QED) is 0.929. The van der Waals surface area contributed by atoms with Gasteiger partial charge in [-0.25, -0.2) is 0 Å².